The lowest BCUT2D eigenvalue weighted by Crippen LogP contribution is -2.28. The number of ketones is 1. The van der Waals surface area contributed by atoms with Gasteiger partial charge in [0.05, 0.1) is 16.8 Å². The number of aromatic nitrogens is 1. The van der Waals surface area contributed by atoms with Crippen LogP contribution in [0.15, 0.2) is 54.6 Å². The average Bonchev–Trinajstić information content (AvgIpc) is 2.67. The number of para-hydroxylation sites is 1. The first-order chi connectivity index (χ1) is 12.2. The highest BCUT2D eigenvalue weighted by Gasteiger charge is 2.31. The lowest BCUT2D eigenvalue weighted by atomic mass is 10.0. The minimum absolute atomic E-state index is 0.0270. The zero-order valence-electron chi connectivity index (χ0n) is 13.2. The molecule has 6 nitrogen and oxygen atoms in total. The van der Waals surface area contributed by atoms with E-state index in [1.54, 1.807) is 18.2 Å². The van der Waals surface area contributed by atoms with Crippen LogP contribution in [-0.4, -0.2) is 27.9 Å². The first-order valence-corrected chi connectivity index (χ1v) is 7.74. The predicted molar refractivity (Wildman–Crippen MR) is 91.0 cm³/mol. The SMILES string of the molecule is [N-]=[N+]=C1COc2ccc(OCc3ccc4ccccc4n3)cc2C1=O. The van der Waals surface area contributed by atoms with Crippen LogP contribution in [0.5, 0.6) is 11.5 Å². The molecule has 0 saturated carbocycles. The molecule has 0 bridgehead atoms. The van der Waals surface area contributed by atoms with Crippen molar-refractivity contribution in [3.63, 3.8) is 0 Å². The third-order valence-corrected chi connectivity index (χ3v) is 3.99. The second-order valence-electron chi connectivity index (χ2n) is 5.61. The van der Waals surface area contributed by atoms with Crippen LogP contribution in [0.2, 0.25) is 0 Å². The van der Waals surface area contributed by atoms with Gasteiger partial charge in [0, 0.05) is 5.39 Å². The van der Waals surface area contributed by atoms with Gasteiger partial charge in [-0.05, 0) is 30.3 Å². The van der Waals surface area contributed by atoms with Gasteiger partial charge in [0.1, 0.15) is 18.1 Å². The van der Waals surface area contributed by atoms with Gasteiger partial charge in [0.15, 0.2) is 6.61 Å². The number of nitrogens with zero attached hydrogens (tertiary/aromatic N) is 3. The molecule has 0 unspecified atom stereocenters. The minimum atomic E-state index is -0.363. The standard InChI is InChI=1S/C19H13N3O3/c20-22-17-11-25-18-8-7-14(9-15(18)19(17)23)24-10-13-6-5-12-3-1-2-4-16(12)21-13/h1-9H,10-11H2. The maximum atomic E-state index is 12.2. The second kappa shape index (κ2) is 6.19. The third-order valence-electron chi connectivity index (χ3n) is 3.99. The Labute approximate surface area is 143 Å². The Kier molecular flexibility index (Phi) is 3.72. The number of hydrogen-bond acceptors (Lipinski definition) is 4. The van der Waals surface area contributed by atoms with E-state index >= 15 is 0 Å². The van der Waals surface area contributed by atoms with Gasteiger partial charge in [-0.1, -0.05) is 24.3 Å². The summed E-state index contributed by atoms with van der Waals surface area (Å²) in [5.74, 6) is 0.608. The average molecular weight is 331 g/mol. The zero-order valence-corrected chi connectivity index (χ0v) is 13.2. The molecule has 122 valence electrons. The number of carbonyl (C=O) groups excluding carboxylic acids is 1. The van der Waals surface area contributed by atoms with Crippen molar-refractivity contribution in [2.75, 3.05) is 6.61 Å². The fourth-order valence-corrected chi connectivity index (χ4v) is 2.69. The summed E-state index contributed by atoms with van der Waals surface area (Å²) in [6.45, 7) is 0.239. The van der Waals surface area contributed by atoms with Crippen LogP contribution in [0.25, 0.3) is 16.4 Å². The van der Waals surface area contributed by atoms with E-state index in [-0.39, 0.29) is 24.7 Å². The molecule has 4 rings (SSSR count). The van der Waals surface area contributed by atoms with E-state index in [1.807, 2.05) is 36.4 Å². The number of hydrogen-bond donors (Lipinski definition) is 0. The Morgan fingerprint density at radius 3 is 2.92 bits per heavy atom. The highest BCUT2D eigenvalue weighted by molar-refractivity contribution is 6.45. The molecule has 0 aliphatic carbocycles. The summed E-state index contributed by atoms with van der Waals surface area (Å²) in [4.78, 5) is 19.7. The van der Waals surface area contributed by atoms with Crippen LogP contribution in [0.3, 0.4) is 0 Å². The van der Waals surface area contributed by atoms with E-state index in [0.717, 1.165) is 16.6 Å². The number of pyridine rings is 1. The first-order valence-electron chi connectivity index (χ1n) is 7.74. The molecular weight excluding hydrogens is 318 g/mol. The van der Waals surface area contributed by atoms with Crippen molar-refractivity contribution in [1.82, 2.24) is 4.98 Å². The monoisotopic (exact) mass is 331 g/mol. The summed E-state index contributed by atoms with van der Waals surface area (Å²) >= 11 is 0. The fourth-order valence-electron chi connectivity index (χ4n) is 2.69. The summed E-state index contributed by atoms with van der Waals surface area (Å²) in [7, 11) is 0. The number of rotatable bonds is 3. The molecule has 3 aromatic rings. The van der Waals surface area contributed by atoms with Crippen molar-refractivity contribution in [1.29, 1.82) is 0 Å². The number of benzene rings is 2. The third kappa shape index (κ3) is 2.86. The summed E-state index contributed by atoms with van der Waals surface area (Å²) in [6.07, 6.45) is 0. The molecule has 0 saturated heterocycles. The number of carbonyl (C=O) groups is 1. The Bertz CT molecular complexity index is 1040. The molecule has 0 atom stereocenters. The molecule has 2 heterocycles. The molecule has 6 heteroatoms. The van der Waals surface area contributed by atoms with Crippen molar-refractivity contribution in [3.8, 4) is 11.5 Å². The maximum Gasteiger partial charge on any atom is 0.376 e. The van der Waals surface area contributed by atoms with Crippen LogP contribution in [0.1, 0.15) is 16.1 Å². The second-order valence-corrected chi connectivity index (χ2v) is 5.61. The van der Waals surface area contributed by atoms with E-state index in [9.17, 15) is 4.79 Å². The largest absolute Gasteiger partial charge is 0.487 e. The molecule has 0 N–H and O–H groups in total. The van der Waals surface area contributed by atoms with Gasteiger partial charge < -0.3 is 15.0 Å². The minimum Gasteiger partial charge on any atom is -0.487 e. The molecule has 1 aromatic heterocycles. The fraction of sp³-hybridized carbons (Fsp3) is 0.105. The normalized spacial score (nSPS) is 13.1. The maximum absolute atomic E-state index is 12.2. The van der Waals surface area contributed by atoms with Crippen LogP contribution < -0.4 is 9.47 Å². The summed E-state index contributed by atoms with van der Waals surface area (Å²) < 4.78 is 11.1. The molecule has 2 aromatic carbocycles. The number of fused-ring (bicyclic) bond motifs is 2. The van der Waals surface area contributed by atoms with Crippen LogP contribution >= 0.6 is 0 Å². The van der Waals surface area contributed by atoms with E-state index in [0.29, 0.717) is 17.1 Å². The molecule has 1 aliphatic rings. The topological polar surface area (TPSA) is 84.8 Å². The van der Waals surface area contributed by atoms with Crippen LogP contribution in [-0.2, 0) is 6.61 Å². The van der Waals surface area contributed by atoms with Gasteiger partial charge in [-0.15, -0.1) is 0 Å². The number of Topliss-reactive ketones (excluding diaryl/α,β-unsaturated/α-hetero) is 1. The molecule has 0 radical (unpaired) electrons. The smallest absolute Gasteiger partial charge is 0.376 e. The van der Waals surface area contributed by atoms with Gasteiger partial charge in [-0.25, -0.2) is 4.98 Å². The van der Waals surface area contributed by atoms with Gasteiger partial charge in [0.2, 0.25) is 0 Å². The quantitative estimate of drug-likeness (QED) is 0.545. The lowest BCUT2D eigenvalue weighted by molar-refractivity contribution is -0.0132. The Morgan fingerprint density at radius 2 is 2.04 bits per heavy atom. The van der Waals surface area contributed by atoms with E-state index in [1.165, 1.54) is 0 Å². The first kappa shape index (κ1) is 15.1. The molecule has 0 fully saturated rings. The number of ether oxygens (including phenoxy) is 2. The highest BCUT2D eigenvalue weighted by atomic mass is 16.5. The predicted octanol–water partition coefficient (Wildman–Crippen LogP) is 3.06. The Balaban J connectivity index is 1.56. The van der Waals surface area contributed by atoms with Crippen molar-refractivity contribution in [2.24, 2.45) is 0 Å². The molecule has 1 aliphatic heterocycles. The van der Waals surface area contributed by atoms with Crippen molar-refractivity contribution < 1.29 is 19.1 Å². The van der Waals surface area contributed by atoms with Gasteiger partial charge in [-0.2, -0.15) is 4.79 Å². The molecular formula is C19H13N3O3. The van der Waals surface area contributed by atoms with Gasteiger partial charge in [0.25, 0.3) is 5.78 Å². The Hall–Kier alpha value is -3.50. The lowest BCUT2D eigenvalue weighted by Gasteiger charge is -2.14. The highest BCUT2D eigenvalue weighted by Crippen LogP contribution is 2.28. The summed E-state index contributed by atoms with van der Waals surface area (Å²) in [5.41, 5.74) is 10.8. The summed E-state index contributed by atoms with van der Waals surface area (Å²) in [5, 5.41) is 1.07. The van der Waals surface area contributed by atoms with Crippen LogP contribution in [0, 0.1) is 0 Å². The zero-order chi connectivity index (χ0) is 17.2. The van der Waals surface area contributed by atoms with Gasteiger partial charge >= 0.3 is 5.71 Å². The summed E-state index contributed by atoms with van der Waals surface area (Å²) in [6, 6.07) is 16.8. The molecule has 0 spiro atoms. The van der Waals surface area contributed by atoms with E-state index in [4.69, 9.17) is 15.0 Å². The van der Waals surface area contributed by atoms with Crippen LogP contribution in [0.4, 0.5) is 0 Å². The molecule has 0 amide bonds. The van der Waals surface area contributed by atoms with E-state index in [2.05, 4.69) is 9.77 Å². The molecule has 25 heavy (non-hydrogen) atoms. The van der Waals surface area contributed by atoms with Crippen molar-refractivity contribution in [3.05, 3.63) is 71.4 Å². The van der Waals surface area contributed by atoms with E-state index < -0.39 is 0 Å². The van der Waals surface area contributed by atoms with Gasteiger partial charge in [-0.3, -0.25) is 4.79 Å². The van der Waals surface area contributed by atoms with Crippen molar-refractivity contribution in [2.45, 2.75) is 6.61 Å². The van der Waals surface area contributed by atoms with Crippen molar-refractivity contribution >= 4 is 22.4 Å². The Morgan fingerprint density at radius 1 is 1.16 bits per heavy atom.